The molecule has 0 aliphatic heterocycles. The summed E-state index contributed by atoms with van der Waals surface area (Å²) in [7, 11) is -3.91. The largest absolute Gasteiger partial charge is 0.459 e. The van der Waals surface area contributed by atoms with Crippen LogP contribution in [0, 0.1) is 0 Å². The monoisotopic (exact) mass is 410 g/mol. The van der Waals surface area contributed by atoms with Crippen molar-refractivity contribution in [3.63, 3.8) is 0 Å². The zero-order valence-corrected chi connectivity index (χ0v) is 17.1. The fourth-order valence-electron chi connectivity index (χ4n) is 2.06. The molecule has 1 atom stereocenters. The van der Waals surface area contributed by atoms with Crippen LogP contribution in [-0.2, 0) is 19.6 Å². The van der Waals surface area contributed by atoms with Crippen molar-refractivity contribution in [1.29, 1.82) is 0 Å². The van der Waals surface area contributed by atoms with Gasteiger partial charge in [-0.1, -0.05) is 6.07 Å². The van der Waals surface area contributed by atoms with Crippen LogP contribution in [0.2, 0.25) is 0 Å². The van der Waals surface area contributed by atoms with Crippen LogP contribution in [0.4, 0.5) is 5.69 Å². The Labute approximate surface area is 162 Å². The van der Waals surface area contributed by atoms with Gasteiger partial charge >= 0.3 is 5.97 Å². The van der Waals surface area contributed by atoms with Crippen molar-refractivity contribution in [3.8, 4) is 0 Å². The second kappa shape index (κ2) is 8.20. The average Bonchev–Trinajstić information content (AvgIpc) is 3.08. The van der Waals surface area contributed by atoms with Gasteiger partial charge in [-0.15, -0.1) is 11.3 Å². The molecule has 7 nitrogen and oxygen atoms in total. The number of carbonyl (C=O) groups is 2. The molecule has 0 fully saturated rings. The highest BCUT2D eigenvalue weighted by Crippen LogP contribution is 2.17. The fourth-order valence-corrected chi connectivity index (χ4v) is 3.87. The Morgan fingerprint density at radius 3 is 2.26 bits per heavy atom. The number of carbonyl (C=O) groups excluding carboxylic acids is 2. The summed E-state index contributed by atoms with van der Waals surface area (Å²) in [5, 5.41) is 4.48. The third-order valence-electron chi connectivity index (χ3n) is 3.26. The van der Waals surface area contributed by atoms with Crippen molar-refractivity contribution in [2.45, 2.75) is 44.2 Å². The lowest BCUT2D eigenvalue weighted by Gasteiger charge is -2.22. The van der Waals surface area contributed by atoms with Crippen LogP contribution in [0.1, 0.15) is 37.4 Å². The Kier molecular flexibility index (Phi) is 6.40. The van der Waals surface area contributed by atoms with Crippen LogP contribution < -0.4 is 10.0 Å². The molecule has 0 aliphatic carbocycles. The summed E-state index contributed by atoms with van der Waals surface area (Å²) in [4.78, 5) is 24.5. The average molecular weight is 411 g/mol. The molecule has 0 saturated heterocycles. The first-order chi connectivity index (χ1) is 12.5. The lowest BCUT2D eigenvalue weighted by molar-refractivity contribution is -0.156. The molecule has 2 rings (SSSR count). The molecule has 146 valence electrons. The number of rotatable bonds is 6. The smallest absolute Gasteiger partial charge is 0.324 e. The van der Waals surface area contributed by atoms with Gasteiger partial charge < -0.3 is 10.1 Å². The number of amides is 1. The van der Waals surface area contributed by atoms with Gasteiger partial charge in [-0.25, -0.2) is 8.42 Å². The van der Waals surface area contributed by atoms with Gasteiger partial charge in [-0.05, 0) is 63.4 Å². The van der Waals surface area contributed by atoms with Crippen LogP contribution in [0.25, 0.3) is 0 Å². The quantitative estimate of drug-likeness (QED) is 0.713. The summed E-state index contributed by atoms with van der Waals surface area (Å²) in [6.45, 7) is 6.53. The van der Waals surface area contributed by atoms with Gasteiger partial charge in [0.1, 0.15) is 11.6 Å². The first-order valence-corrected chi connectivity index (χ1v) is 10.5. The third kappa shape index (κ3) is 6.16. The van der Waals surface area contributed by atoms with E-state index in [2.05, 4.69) is 10.0 Å². The van der Waals surface area contributed by atoms with Crippen molar-refractivity contribution in [1.82, 2.24) is 4.72 Å². The van der Waals surface area contributed by atoms with Crippen molar-refractivity contribution in [3.05, 3.63) is 46.7 Å². The summed E-state index contributed by atoms with van der Waals surface area (Å²) >= 11 is 1.31. The molecular weight excluding hydrogens is 388 g/mol. The van der Waals surface area contributed by atoms with Crippen molar-refractivity contribution < 1.29 is 22.7 Å². The minimum Gasteiger partial charge on any atom is -0.459 e. The maximum absolute atomic E-state index is 12.4. The van der Waals surface area contributed by atoms with Crippen molar-refractivity contribution in [2.75, 3.05) is 5.32 Å². The highest BCUT2D eigenvalue weighted by atomic mass is 32.2. The zero-order valence-electron chi connectivity index (χ0n) is 15.5. The molecule has 1 heterocycles. The SMILES string of the molecule is CC(NS(=O)(=O)c1ccc(NC(=O)c2cccs2)cc1)C(=O)OC(C)(C)C. The first-order valence-electron chi connectivity index (χ1n) is 8.18. The van der Waals surface area contributed by atoms with Crippen molar-refractivity contribution >= 4 is 38.9 Å². The minimum atomic E-state index is -3.91. The van der Waals surface area contributed by atoms with Crippen LogP contribution in [0.15, 0.2) is 46.7 Å². The van der Waals surface area contributed by atoms with Crippen molar-refractivity contribution in [2.24, 2.45) is 0 Å². The van der Waals surface area contributed by atoms with Gasteiger partial charge in [0.15, 0.2) is 0 Å². The number of nitrogens with one attached hydrogen (secondary N) is 2. The Morgan fingerprint density at radius 1 is 1.11 bits per heavy atom. The number of hydrogen-bond donors (Lipinski definition) is 2. The summed E-state index contributed by atoms with van der Waals surface area (Å²) in [5.74, 6) is -0.928. The second-order valence-electron chi connectivity index (χ2n) is 6.83. The van der Waals surface area contributed by atoms with E-state index in [9.17, 15) is 18.0 Å². The molecule has 9 heteroatoms. The third-order valence-corrected chi connectivity index (χ3v) is 5.68. The number of hydrogen-bond acceptors (Lipinski definition) is 6. The molecule has 2 N–H and O–H groups in total. The maximum atomic E-state index is 12.4. The van der Waals surface area contributed by atoms with Gasteiger partial charge in [-0.2, -0.15) is 4.72 Å². The molecule has 0 radical (unpaired) electrons. The van der Waals surface area contributed by atoms with E-state index >= 15 is 0 Å². The van der Waals surface area contributed by atoms with E-state index in [0.717, 1.165) is 0 Å². The lowest BCUT2D eigenvalue weighted by Crippen LogP contribution is -2.42. The molecule has 0 spiro atoms. The number of thiophene rings is 1. The van der Waals surface area contributed by atoms with E-state index in [4.69, 9.17) is 4.74 Å². The molecule has 0 aliphatic rings. The molecular formula is C18H22N2O5S2. The number of anilines is 1. The molecule has 0 saturated carbocycles. The molecule has 0 bridgehead atoms. The van der Waals surface area contributed by atoms with E-state index in [1.807, 2.05) is 0 Å². The van der Waals surface area contributed by atoms with E-state index < -0.39 is 27.6 Å². The predicted molar refractivity (Wildman–Crippen MR) is 104 cm³/mol. The second-order valence-corrected chi connectivity index (χ2v) is 9.49. The minimum absolute atomic E-state index is 0.0213. The number of sulfonamides is 1. The summed E-state index contributed by atoms with van der Waals surface area (Å²) in [6.07, 6.45) is 0. The number of benzene rings is 1. The maximum Gasteiger partial charge on any atom is 0.324 e. The topological polar surface area (TPSA) is 102 Å². The molecule has 1 aromatic heterocycles. The molecule has 1 amide bonds. The van der Waals surface area contributed by atoms with E-state index in [1.54, 1.807) is 38.3 Å². The van der Waals surface area contributed by atoms with Crippen LogP contribution in [0.5, 0.6) is 0 Å². The first kappa shape index (κ1) is 21.1. The van der Waals surface area contributed by atoms with Gasteiger partial charge in [0.05, 0.1) is 9.77 Å². The lowest BCUT2D eigenvalue weighted by atomic mass is 10.2. The van der Waals surface area contributed by atoms with Gasteiger partial charge in [0.25, 0.3) is 5.91 Å². The Morgan fingerprint density at radius 2 is 1.74 bits per heavy atom. The van der Waals surface area contributed by atoms with Crippen LogP contribution in [0.3, 0.4) is 0 Å². The molecule has 2 aromatic rings. The van der Waals surface area contributed by atoms with E-state index in [1.165, 1.54) is 42.5 Å². The number of ether oxygens (including phenoxy) is 1. The van der Waals surface area contributed by atoms with Crippen LogP contribution in [-0.4, -0.2) is 31.9 Å². The van der Waals surface area contributed by atoms with Gasteiger partial charge in [0.2, 0.25) is 10.0 Å². The highest BCUT2D eigenvalue weighted by Gasteiger charge is 2.26. The van der Waals surface area contributed by atoms with Gasteiger partial charge in [0, 0.05) is 5.69 Å². The fraction of sp³-hybridized carbons (Fsp3) is 0.333. The molecule has 1 aromatic carbocycles. The Bertz CT molecular complexity index is 898. The predicted octanol–water partition coefficient (Wildman–Crippen LogP) is 3.01. The highest BCUT2D eigenvalue weighted by molar-refractivity contribution is 7.89. The summed E-state index contributed by atoms with van der Waals surface area (Å²) < 4.78 is 32.3. The Hall–Kier alpha value is -2.23. The molecule has 1 unspecified atom stereocenters. The van der Waals surface area contributed by atoms with Gasteiger partial charge in [-0.3, -0.25) is 9.59 Å². The summed E-state index contributed by atoms with van der Waals surface area (Å²) in [5.41, 5.74) is -0.244. The molecule has 27 heavy (non-hydrogen) atoms. The normalized spacial score (nSPS) is 13.0. The standard InChI is InChI=1S/C18H22N2O5S2/c1-12(17(22)25-18(2,3)4)20-27(23,24)14-9-7-13(8-10-14)19-16(21)15-6-5-11-26-15/h5-12,20H,1-4H3,(H,19,21). The van der Waals surface area contributed by atoms with Crippen LogP contribution >= 0.6 is 11.3 Å². The van der Waals surface area contributed by atoms with E-state index in [0.29, 0.717) is 10.6 Å². The Balaban J connectivity index is 2.04. The zero-order chi connectivity index (χ0) is 20.2. The van der Waals surface area contributed by atoms with E-state index in [-0.39, 0.29) is 10.8 Å². The number of esters is 1. The summed E-state index contributed by atoms with van der Waals surface area (Å²) in [6, 6.07) is 8.11.